The van der Waals surface area contributed by atoms with Crippen LogP contribution in [0.1, 0.15) is 6.42 Å². The number of hydrogen-bond acceptors (Lipinski definition) is 2. The van der Waals surface area contributed by atoms with Crippen LogP contribution < -0.4 is 5.32 Å². The van der Waals surface area contributed by atoms with Crippen LogP contribution in [0.3, 0.4) is 0 Å². The molecule has 4 nitrogen and oxygen atoms in total. The molecule has 0 atom stereocenters. The molecule has 0 aliphatic carbocycles. The zero-order chi connectivity index (χ0) is 10.7. The molecule has 0 saturated carbocycles. The van der Waals surface area contributed by atoms with Gasteiger partial charge in [0, 0.05) is 22.8 Å². The largest absolute Gasteiger partial charge is 0.361 e. The number of rotatable bonds is 2. The minimum atomic E-state index is -0.285. The first-order chi connectivity index (χ1) is 7.29. The number of benzene rings is 1. The van der Waals surface area contributed by atoms with E-state index in [1.807, 2.05) is 24.4 Å². The fourth-order valence-electron chi connectivity index (χ4n) is 1.41. The van der Waals surface area contributed by atoms with Gasteiger partial charge in [-0.05, 0) is 24.3 Å². The molecule has 2 rings (SSSR count). The lowest BCUT2D eigenvalue weighted by Crippen LogP contribution is -2.09. The first kappa shape index (κ1) is 9.28. The number of amides is 1. The van der Waals surface area contributed by atoms with E-state index in [2.05, 4.69) is 10.3 Å². The molecule has 1 amide bonds. The Balaban J connectivity index is 2.22. The fourth-order valence-corrected chi connectivity index (χ4v) is 1.41. The smallest absolute Gasteiger partial charge is 0.238 e. The number of H-pyrrole nitrogens is 1. The molecule has 15 heavy (non-hydrogen) atoms. The highest BCUT2D eigenvalue weighted by molar-refractivity contribution is 5.94. The van der Waals surface area contributed by atoms with Gasteiger partial charge < -0.3 is 10.3 Å². The number of aromatic nitrogens is 1. The summed E-state index contributed by atoms with van der Waals surface area (Å²) in [6.07, 6.45) is 1.72. The van der Waals surface area contributed by atoms with Crippen LogP contribution >= 0.6 is 0 Å². The van der Waals surface area contributed by atoms with Crippen molar-refractivity contribution in [3.8, 4) is 6.07 Å². The predicted octanol–water partition coefficient (Wildman–Crippen LogP) is 2.02. The van der Waals surface area contributed by atoms with Crippen LogP contribution in [-0.2, 0) is 4.79 Å². The number of nitrogens with one attached hydrogen (secondary N) is 2. The van der Waals surface area contributed by atoms with Crippen LogP contribution in [0.4, 0.5) is 5.69 Å². The Morgan fingerprint density at radius 2 is 2.33 bits per heavy atom. The lowest BCUT2D eigenvalue weighted by atomic mass is 10.2. The summed E-state index contributed by atoms with van der Waals surface area (Å²) in [4.78, 5) is 14.2. The Labute approximate surface area is 86.5 Å². The Kier molecular flexibility index (Phi) is 2.38. The van der Waals surface area contributed by atoms with Crippen LogP contribution in [0, 0.1) is 11.3 Å². The van der Waals surface area contributed by atoms with Crippen LogP contribution in [0.25, 0.3) is 10.9 Å². The average Bonchev–Trinajstić information content (AvgIpc) is 2.65. The second kappa shape index (κ2) is 3.84. The van der Waals surface area contributed by atoms with Crippen molar-refractivity contribution in [3.05, 3.63) is 30.5 Å². The molecule has 0 radical (unpaired) electrons. The fraction of sp³-hybridized carbons (Fsp3) is 0.0909. The topological polar surface area (TPSA) is 68.7 Å². The van der Waals surface area contributed by atoms with Gasteiger partial charge in [0.05, 0.1) is 6.07 Å². The summed E-state index contributed by atoms with van der Waals surface area (Å²) in [5.41, 5.74) is 1.73. The van der Waals surface area contributed by atoms with Crippen molar-refractivity contribution in [1.82, 2.24) is 4.98 Å². The molecule has 0 aliphatic rings. The van der Waals surface area contributed by atoms with Gasteiger partial charge in [0.15, 0.2) is 0 Å². The molecule has 0 aliphatic heterocycles. The summed E-state index contributed by atoms with van der Waals surface area (Å²) in [6.45, 7) is 0. The number of hydrogen-bond donors (Lipinski definition) is 2. The molecule has 4 heteroatoms. The number of nitriles is 1. The van der Waals surface area contributed by atoms with E-state index in [0.29, 0.717) is 5.69 Å². The summed E-state index contributed by atoms with van der Waals surface area (Å²) in [6, 6.07) is 9.28. The van der Waals surface area contributed by atoms with Crippen LogP contribution in [0.2, 0.25) is 0 Å². The molecule has 1 aromatic carbocycles. The van der Waals surface area contributed by atoms with Gasteiger partial charge in [-0.2, -0.15) is 5.26 Å². The monoisotopic (exact) mass is 199 g/mol. The summed E-state index contributed by atoms with van der Waals surface area (Å²) in [7, 11) is 0. The summed E-state index contributed by atoms with van der Waals surface area (Å²) >= 11 is 0. The van der Waals surface area contributed by atoms with Gasteiger partial charge >= 0.3 is 0 Å². The highest BCUT2D eigenvalue weighted by atomic mass is 16.1. The molecule has 0 fully saturated rings. The van der Waals surface area contributed by atoms with Crippen LogP contribution in [0.5, 0.6) is 0 Å². The molecule has 0 saturated heterocycles. The highest BCUT2D eigenvalue weighted by Crippen LogP contribution is 2.17. The zero-order valence-corrected chi connectivity index (χ0v) is 7.95. The Bertz CT molecular complexity index is 536. The number of nitrogens with zero attached hydrogens (tertiary/aromatic N) is 1. The standard InChI is InChI=1S/C11H9N3O/c12-5-3-11(15)14-9-1-2-10-8(7-9)4-6-13-10/h1-2,4,6-7,13H,3H2,(H,14,15). The second-order valence-electron chi connectivity index (χ2n) is 3.16. The molecule has 1 aromatic heterocycles. The lowest BCUT2D eigenvalue weighted by Gasteiger charge is -2.02. The Morgan fingerprint density at radius 3 is 3.13 bits per heavy atom. The van der Waals surface area contributed by atoms with Gasteiger partial charge in [0.25, 0.3) is 0 Å². The van der Waals surface area contributed by atoms with E-state index in [1.54, 1.807) is 12.1 Å². The molecule has 0 bridgehead atoms. The first-order valence-electron chi connectivity index (χ1n) is 4.53. The van der Waals surface area contributed by atoms with E-state index in [4.69, 9.17) is 5.26 Å². The van der Waals surface area contributed by atoms with E-state index in [0.717, 1.165) is 10.9 Å². The number of aromatic amines is 1. The van der Waals surface area contributed by atoms with E-state index >= 15 is 0 Å². The third-order valence-electron chi connectivity index (χ3n) is 2.08. The van der Waals surface area contributed by atoms with Crippen LogP contribution in [0.15, 0.2) is 30.5 Å². The van der Waals surface area contributed by atoms with E-state index < -0.39 is 0 Å². The molecule has 0 spiro atoms. The zero-order valence-electron chi connectivity index (χ0n) is 7.95. The Hall–Kier alpha value is -2.28. The van der Waals surface area contributed by atoms with Gasteiger partial charge in [-0.25, -0.2) is 0 Å². The minimum Gasteiger partial charge on any atom is -0.361 e. The third-order valence-corrected chi connectivity index (χ3v) is 2.08. The van der Waals surface area contributed by atoms with Crippen molar-refractivity contribution < 1.29 is 4.79 Å². The lowest BCUT2D eigenvalue weighted by molar-refractivity contribution is -0.115. The average molecular weight is 199 g/mol. The molecule has 2 N–H and O–H groups in total. The van der Waals surface area contributed by atoms with Gasteiger partial charge in [-0.15, -0.1) is 0 Å². The maximum absolute atomic E-state index is 11.1. The summed E-state index contributed by atoms with van der Waals surface area (Å²) in [5, 5.41) is 12.0. The van der Waals surface area contributed by atoms with E-state index in [-0.39, 0.29) is 12.3 Å². The second-order valence-corrected chi connectivity index (χ2v) is 3.16. The molecular formula is C11H9N3O. The van der Waals surface area contributed by atoms with Crippen LogP contribution in [-0.4, -0.2) is 10.9 Å². The number of carbonyl (C=O) groups excluding carboxylic acids is 1. The third kappa shape index (κ3) is 1.97. The maximum Gasteiger partial charge on any atom is 0.238 e. The number of anilines is 1. The molecular weight excluding hydrogens is 190 g/mol. The SMILES string of the molecule is N#CCC(=O)Nc1ccc2[nH]ccc2c1. The Morgan fingerprint density at radius 1 is 1.47 bits per heavy atom. The number of carbonyl (C=O) groups is 1. The van der Waals surface area contributed by atoms with Crippen molar-refractivity contribution in [1.29, 1.82) is 5.26 Å². The van der Waals surface area contributed by atoms with Gasteiger partial charge in [-0.1, -0.05) is 0 Å². The van der Waals surface area contributed by atoms with Crippen molar-refractivity contribution in [2.24, 2.45) is 0 Å². The normalized spacial score (nSPS) is 9.80. The van der Waals surface area contributed by atoms with Gasteiger partial charge in [0.2, 0.25) is 5.91 Å². The highest BCUT2D eigenvalue weighted by Gasteiger charge is 2.01. The molecule has 2 aromatic rings. The summed E-state index contributed by atoms with van der Waals surface area (Å²) < 4.78 is 0. The number of fused-ring (bicyclic) bond motifs is 1. The first-order valence-corrected chi connectivity index (χ1v) is 4.53. The van der Waals surface area contributed by atoms with Crippen molar-refractivity contribution >= 4 is 22.5 Å². The van der Waals surface area contributed by atoms with Gasteiger partial charge in [0.1, 0.15) is 6.42 Å². The summed E-state index contributed by atoms with van der Waals surface area (Å²) in [5.74, 6) is -0.285. The van der Waals surface area contributed by atoms with Crippen molar-refractivity contribution in [3.63, 3.8) is 0 Å². The van der Waals surface area contributed by atoms with Crippen molar-refractivity contribution in [2.75, 3.05) is 5.32 Å². The van der Waals surface area contributed by atoms with E-state index in [9.17, 15) is 4.79 Å². The maximum atomic E-state index is 11.1. The minimum absolute atomic E-state index is 0.120. The van der Waals surface area contributed by atoms with Gasteiger partial charge in [-0.3, -0.25) is 4.79 Å². The van der Waals surface area contributed by atoms with Crippen molar-refractivity contribution in [2.45, 2.75) is 6.42 Å². The quantitative estimate of drug-likeness (QED) is 0.776. The van der Waals surface area contributed by atoms with E-state index in [1.165, 1.54) is 0 Å². The molecule has 0 unspecified atom stereocenters. The molecule has 1 heterocycles. The molecule has 74 valence electrons. The predicted molar refractivity (Wildman–Crippen MR) is 57.2 cm³/mol.